The van der Waals surface area contributed by atoms with Crippen LogP contribution in [-0.4, -0.2) is 0 Å². The van der Waals surface area contributed by atoms with E-state index in [0.717, 1.165) is 12.2 Å². The van der Waals surface area contributed by atoms with Crippen LogP contribution in [0.15, 0.2) is 66.7 Å². The highest BCUT2D eigenvalue weighted by Crippen LogP contribution is 2.46. The molecule has 1 heterocycles. The fraction of sp³-hybridized carbons (Fsp3) is 0.231. The molecule has 1 unspecified atom stereocenters. The summed E-state index contributed by atoms with van der Waals surface area (Å²) in [5.41, 5.74) is 10.0. The van der Waals surface area contributed by atoms with Crippen molar-refractivity contribution in [3.63, 3.8) is 0 Å². The number of hydrogen-bond acceptors (Lipinski definition) is 1. The second-order valence-corrected chi connectivity index (χ2v) is 7.50. The van der Waals surface area contributed by atoms with Gasteiger partial charge in [-0.2, -0.15) is 0 Å². The van der Waals surface area contributed by atoms with Gasteiger partial charge in [0.05, 0.1) is 0 Å². The van der Waals surface area contributed by atoms with Crippen LogP contribution in [-0.2, 0) is 6.42 Å². The Hall–Kier alpha value is -2.80. The minimum atomic E-state index is -0.0899. The van der Waals surface area contributed by atoms with Crippen molar-refractivity contribution in [2.75, 3.05) is 0 Å². The standard InChI is InChI=1S/C26H26O/c1-5-20-9-13-22(14-10-20)26-25(21-11-6-17(2)7-12-21)19(4)23-15-8-18(3)16-24(23)27-26/h6-16,26H,5H2,1-4H3. The Morgan fingerprint density at radius 1 is 0.778 bits per heavy atom. The first kappa shape index (κ1) is 17.6. The number of rotatable bonds is 3. The summed E-state index contributed by atoms with van der Waals surface area (Å²) in [4.78, 5) is 0. The molecule has 27 heavy (non-hydrogen) atoms. The molecule has 1 nitrogen and oxygen atoms in total. The molecule has 0 fully saturated rings. The van der Waals surface area contributed by atoms with Gasteiger partial charge in [0.1, 0.15) is 11.9 Å². The molecule has 1 aliphatic heterocycles. The van der Waals surface area contributed by atoms with E-state index in [-0.39, 0.29) is 6.10 Å². The van der Waals surface area contributed by atoms with Crippen molar-refractivity contribution < 1.29 is 4.74 Å². The Morgan fingerprint density at radius 2 is 1.44 bits per heavy atom. The largest absolute Gasteiger partial charge is 0.480 e. The minimum absolute atomic E-state index is 0.0899. The van der Waals surface area contributed by atoms with Crippen molar-refractivity contribution in [2.45, 2.75) is 40.2 Å². The highest BCUT2D eigenvalue weighted by Gasteiger charge is 2.29. The molecule has 0 spiro atoms. The lowest BCUT2D eigenvalue weighted by atomic mass is 9.85. The maximum atomic E-state index is 6.58. The summed E-state index contributed by atoms with van der Waals surface area (Å²) in [6, 6.07) is 24.1. The van der Waals surface area contributed by atoms with Gasteiger partial charge in [0.2, 0.25) is 0 Å². The van der Waals surface area contributed by atoms with Crippen LogP contribution in [0.2, 0.25) is 0 Å². The molecule has 1 heteroatoms. The van der Waals surface area contributed by atoms with Crippen LogP contribution in [0, 0.1) is 13.8 Å². The molecule has 0 radical (unpaired) electrons. The zero-order chi connectivity index (χ0) is 19.0. The first-order chi connectivity index (χ1) is 13.1. The van der Waals surface area contributed by atoms with Gasteiger partial charge in [-0.1, -0.05) is 73.2 Å². The quantitative estimate of drug-likeness (QED) is 0.495. The van der Waals surface area contributed by atoms with Crippen LogP contribution in [0.5, 0.6) is 5.75 Å². The van der Waals surface area contributed by atoms with Crippen LogP contribution in [0.1, 0.15) is 53.3 Å². The highest BCUT2D eigenvalue weighted by atomic mass is 16.5. The first-order valence-corrected chi connectivity index (χ1v) is 9.71. The van der Waals surface area contributed by atoms with Crippen LogP contribution in [0.25, 0.3) is 11.1 Å². The summed E-state index contributed by atoms with van der Waals surface area (Å²) in [5.74, 6) is 0.980. The average Bonchev–Trinajstić information content (AvgIpc) is 2.68. The Bertz CT molecular complexity index is 991. The van der Waals surface area contributed by atoms with Gasteiger partial charge >= 0.3 is 0 Å². The minimum Gasteiger partial charge on any atom is -0.480 e. The number of fused-ring (bicyclic) bond motifs is 1. The van der Waals surface area contributed by atoms with E-state index >= 15 is 0 Å². The molecule has 0 aromatic heterocycles. The van der Waals surface area contributed by atoms with Crippen molar-refractivity contribution >= 4 is 11.1 Å². The normalized spacial score (nSPS) is 16.1. The summed E-state index contributed by atoms with van der Waals surface area (Å²) in [6.07, 6.45) is 0.959. The molecule has 136 valence electrons. The second kappa shape index (κ2) is 7.08. The molecule has 0 N–H and O–H groups in total. The van der Waals surface area contributed by atoms with Gasteiger partial charge in [-0.3, -0.25) is 0 Å². The number of ether oxygens (including phenoxy) is 1. The van der Waals surface area contributed by atoms with E-state index < -0.39 is 0 Å². The predicted molar refractivity (Wildman–Crippen MR) is 114 cm³/mol. The molecule has 0 aliphatic carbocycles. The Labute approximate surface area is 162 Å². The van der Waals surface area contributed by atoms with E-state index in [1.807, 2.05) is 0 Å². The smallest absolute Gasteiger partial charge is 0.150 e. The SMILES string of the molecule is CCc1ccc(C2Oc3cc(C)ccc3C(C)=C2c2ccc(C)cc2)cc1. The van der Waals surface area contributed by atoms with Gasteiger partial charge in [0, 0.05) is 11.1 Å². The summed E-state index contributed by atoms with van der Waals surface area (Å²) >= 11 is 0. The molecule has 1 aliphatic rings. The fourth-order valence-corrected chi connectivity index (χ4v) is 3.83. The molecular formula is C26H26O. The van der Waals surface area contributed by atoms with E-state index in [2.05, 4.69) is 94.4 Å². The summed E-state index contributed by atoms with van der Waals surface area (Å²) in [6.45, 7) is 8.65. The molecular weight excluding hydrogens is 328 g/mol. The Morgan fingerprint density at radius 3 is 2.11 bits per heavy atom. The van der Waals surface area contributed by atoms with Gasteiger partial charge in [0.15, 0.2) is 0 Å². The average molecular weight is 354 g/mol. The van der Waals surface area contributed by atoms with Gasteiger partial charge in [-0.25, -0.2) is 0 Å². The lowest BCUT2D eigenvalue weighted by molar-refractivity contribution is 0.260. The van der Waals surface area contributed by atoms with E-state index in [1.54, 1.807) is 0 Å². The first-order valence-electron chi connectivity index (χ1n) is 9.71. The van der Waals surface area contributed by atoms with Crippen LogP contribution in [0.3, 0.4) is 0 Å². The summed E-state index contributed by atoms with van der Waals surface area (Å²) in [7, 11) is 0. The number of benzene rings is 3. The fourth-order valence-electron chi connectivity index (χ4n) is 3.83. The van der Waals surface area contributed by atoms with Gasteiger partial charge in [0.25, 0.3) is 0 Å². The summed E-state index contributed by atoms with van der Waals surface area (Å²) < 4.78 is 6.58. The number of aryl methyl sites for hydroxylation is 3. The number of allylic oxidation sites excluding steroid dienone is 1. The molecule has 1 atom stereocenters. The lowest BCUT2D eigenvalue weighted by Crippen LogP contribution is -2.16. The lowest BCUT2D eigenvalue weighted by Gasteiger charge is -2.31. The summed E-state index contributed by atoms with van der Waals surface area (Å²) in [5, 5.41) is 0. The number of hydrogen-bond donors (Lipinski definition) is 0. The van der Waals surface area contributed by atoms with Crippen molar-refractivity contribution in [3.8, 4) is 5.75 Å². The van der Waals surface area contributed by atoms with E-state index in [9.17, 15) is 0 Å². The van der Waals surface area contributed by atoms with Crippen molar-refractivity contribution in [1.29, 1.82) is 0 Å². The highest BCUT2D eigenvalue weighted by molar-refractivity contribution is 5.95. The predicted octanol–water partition coefficient (Wildman–Crippen LogP) is 6.93. The molecule has 4 rings (SSSR count). The van der Waals surface area contributed by atoms with Crippen molar-refractivity contribution in [2.24, 2.45) is 0 Å². The molecule has 3 aromatic rings. The van der Waals surface area contributed by atoms with Crippen molar-refractivity contribution in [3.05, 3.63) is 100 Å². The zero-order valence-corrected chi connectivity index (χ0v) is 16.5. The molecule has 0 bridgehead atoms. The van der Waals surface area contributed by atoms with Crippen molar-refractivity contribution in [1.82, 2.24) is 0 Å². The van der Waals surface area contributed by atoms with E-state index in [1.165, 1.54) is 44.5 Å². The molecule has 0 saturated carbocycles. The van der Waals surface area contributed by atoms with Gasteiger partial charge in [-0.05, 0) is 61.1 Å². The van der Waals surface area contributed by atoms with Crippen LogP contribution in [0.4, 0.5) is 0 Å². The Balaban J connectivity index is 1.89. The van der Waals surface area contributed by atoms with E-state index in [4.69, 9.17) is 4.74 Å². The topological polar surface area (TPSA) is 9.23 Å². The zero-order valence-electron chi connectivity index (χ0n) is 16.5. The third-order valence-electron chi connectivity index (χ3n) is 5.51. The van der Waals surface area contributed by atoms with Gasteiger partial charge in [-0.15, -0.1) is 0 Å². The molecule has 3 aromatic carbocycles. The maximum absolute atomic E-state index is 6.58. The molecule has 0 amide bonds. The maximum Gasteiger partial charge on any atom is 0.150 e. The van der Waals surface area contributed by atoms with Crippen LogP contribution < -0.4 is 4.74 Å². The van der Waals surface area contributed by atoms with E-state index in [0.29, 0.717) is 0 Å². The second-order valence-electron chi connectivity index (χ2n) is 7.50. The van der Waals surface area contributed by atoms with Gasteiger partial charge < -0.3 is 4.74 Å². The monoisotopic (exact) mass is 354 g/mol. The molecule has 0 saturated heterocycles. The van der Waals surface area contributed by atoms with Crippen LogP contribution >= 0.6 is 0 Å². The third kappa shape index (κ3) is 3.30. The third-order valence-corrected chi connectivity index (χ3v) is 5.51. The Kier molecular flexibility index (Phi) is 4.61.